The van der Waals surface area contributed by atoms with E-state index in [9.17, 15) is 9.59 Å². The van der Waals surface area contributed by atoms with E-state index in [0.29, 0.717) is 21.9 Å². The molecule has 1 unspecified atom stereocenters. The molecular weight excluding hydrogens is 364 g/mol. The number of aromatic nitrogens is 2. The summed E-state index contributed by atoms with van der Waals surface area (Å²) < 4.78 is 2.22. The largest absolute Gasteiger partial charge is 0.293 e. The highest BCUT2D eigenvalue weighted by Crippen LogP contribution is 2.27. The summed E-state index contributed by atoms with van der Waals surface area (Å²) in [5, 5.41) is 2.05. The maximum atomic E-state index is 12.9. The van der Waals surface area contributed by atoms with Crippen molar-refractivity contribution in [1.82, 2.24) is 9.55 Å². The summed E-state index contributed by atoms with van der Waals surface area (Å²) in [7, 11) is 0. The van der Waals surface area contributed by atoms with E-state index in [-0.39, 0.29) is 16.6 Å². The molecule has 1 aromatic carbocycles. The molecule has 2 heterocycles. The second kappa shape index (κ2) is 7.60. The average molecular weight is 385 g/mol. The number of ketones is 1. The van der Waals surface area contributed by atoms with Crippen molar-refractivity contribution >= 4 is 39.1 Å². The summed E-state index contributed by atoms with van der Waals surface area (Å²) >= 11 is 2.70. The third kappa shape index (κ3) is 3.52. The number of Topliss-reactive ketones (excluding diaryl/α,β-unsaturated/α-hetero) is 1. The molecule has 2 aromatic heterocycles. The minimum Gasteiger partial charge on any atom is -0.293 e. The predicted octanol–water partition coefficient (Wildman–Crippen LogP) is 4.62. The van der Waals surface area contributed by atoms with Gasteiger partial charge in [0.05, 0.1) is 10.8 Å². The van der Waals surface area contributed by atoms with Crippen LogP contribution < -0.4 is 5.56 Å². The van der Waals surface area contributed by atoms with E-state index in [1.54, 1.807) is 10.6 Å². The highest BCUT2D eigenvalue weighted by atomic mass is 32.2. The monoisotopic (exact) mass is 384 g/mol. The van der Waals surface area contributed by atoms with Crippen LogP contribution >= 0.6 is 23.1 Å². The Morgan fingerprint density at radius 3 is 2.88 bits per heavy atom. The first-order chi connectivity index (χ1) is 12.4. The summed E-state index contributed by atoms with van der Waals surface area (Å²) in [5.41, 5.74) is 3.32. The van der Waals surface area contributed by atoms with Gasteiger partial charge in [0.15, 0.2) is 10.9 Å². The lowest BCUT2D eigenvalue weighted by Gasteiger charge is -2.15. The molecule has 0 aliphatic heterocycles. The van der Waals surface area contributed by atoms with Gasteiger partial charge in [-0.2, -0.15) is 0 Å². The first-order valence-corrected chi connectivity index (χ1v) is 10.1. The van der Waals surface area contributed by atoms with Gasteiger partial charge in [-0.3, -0.25) is 14.2 Å². The van der Waals surface area contributed by atoms with Crippen LogP contribution in [0.2, 0.25) is 0 Å². The van der Waals surface area contributed by atoms with Crippen LogP contribution in [-0.4, -0.2) is 20.6 Å². The van der Waals surface area contributed by atoms with Crippen molar-refractivity contribution in [2.75, 3.05) is 0 Å². The Bertz CT molecular complexity index is 1050. The fraction of sp³-hybridized carbons (Fsp3) is 0.250. The van der Waals surface area contributed by atoms with Crippen molar-refractivity contribution in [3.8, 4) is 0 Å². The summed E-state index contributed by atoms with van der Waals surface area (Å²) in [6, 6.07) is 7.71. The molecule has 3 rings (SSSR count). The fourth-order valence-electron chi connectivity index (χ4n) is 2.74. The molecular formula is C20H20N2O2S2. The molecule has 0 N–H and O–H groups in total. The standard InChI is InChI=1S/C20H20N2O2S2/c1-5-9-22-19(24)18-16(8-10-25-18)21-20(22)26-14(4)17(23)15-11-12(2)6-7-13(15)3/h5-8,10-11,14H,1,9H2,2-4H3. The second-order valence-corrected chi connectivity index (χ2v) is 8.40. The second-order valence-electron chi connectivity index (χ2n) is 6.18. The number of aryl methyl sites for hydroxylation is 2. The van der Waals surface area contributed by atoms with E-state index in [1.165, 1.54) is 23.1 Å². The smallest absolute Gasteiger partial charge is 0.272 e. The molecule has 0 radical (unpaired) electrons. The molecule has 0 saturated heterocycles. The molecule has 0 aliphatic rings. The van der Waals surface area contributed by atoms with Crippen molar-refractivity contribution < 1.29 is 4.79 Å². The number of fused-ring (bicyclic) bond motifs is 1. The lowest BCUT2D eigenvalue weighted by molar-refractivity contribution is 0.0993. The van der Waals surface area contributed by atoms with Gasteiger partial charge < -0.3 is 0 Å². The molecule has 0 bridgehead atoms. The molecule has 0 spiro atoms. The van der Waals surface area contributed by atoms with Crippen molar-refractivity contribution in [2.24, 2.45) is 0 Å². The third-order valence-electron chi connectivity index (χ3n) is 4.15. The molecule has 0 amide bonds. The number of benzene rings is 1. The summed E-state index contributed by atoms with van der Waals surface area (Å²) in [4.78, 5) is 30.3. The minimum absolute atomic E-state index is 0.0426. The maximum Gasteiger partial charge on any atom is 0.272 e. The van der Waals surface area contributed by atoms with Crippen LogP contribution in [-0.2, 0) is 6.54 Å². The number of nitrogens with zero attached hydrogens (tertiary/aromatic N) is 2. The summed E-state index contributed by atoms with van der Waals surface area (Å²) in [5.74, 6) is 0.0426. The zero-order valence-electron chi connectivity index (χ0n) is 15.0. The van der Waals surface area contributed by atoms with Crippen molar-refractivity contribution in [2.45, 2.75) is 37.7 Å². The lowest BCUT2D eigenvalue weighted by Crippen LogP contribution is -2.24. The predicted molar refractivity (Wildman–Crippen MR) is 110 cm³/mol. The normalized spacial score (nSPS) is 12.3. The number of thiophene rings is 1. The van der Waals surface area contributed by atoms with Gasteiger partial charge in [0.1, 0.15) is 4.70 Å². The van der Waals surface area contributed by atoms with Gasteiger partial charge in [0, 0.05) is 12.1 Å². The number of thioether (sulfide) groups is 1. The van der Waals surface area contributed by atoms with Gasteiger partial charge in [-0.1, -0.05) is 35.5 Å². The Labute approximate surface area is 160 Å². The van der Waals surface area contributed by atoms with Gasteiger partial charge in [0.2, 0.25) is 0 Å². The highest BCUT2D eigenvalue weighted by molar-refractivity contribution is 8.00. The molecule has 1 atom stereocenters. The van der Waals surface area contributed by atoms with E-state index in [1.807, 2.05) is 50.4 Å². The minimum atomic E-state index is -0.352. The van der Waals surface area contributed by atoms with Gasteiger partial charge in [-0.15, -0.1) is 17.9 Å². The van der Waals surface area contributed by atoms with Crippen LogP contribution in [0.5, 0.6) is 0 Å². The van der Waals surface area contributed by atoms with Crippen molar-refractivity contribution in [3.05, 3.63) is 69.3 Å². The zero-order valence-corrected chi connectivity index (χ0v) is 16.6. The molecule has 6 heteroatoms. The highest BCUT2D eigenvalue weighted by Gasteiger charge is 2.22. The number of carbonyl (C=O) groups excluding carboxylic acids is 1. The first-order valence-electron chi connectivity index (χ1n) is 8.29. The Hall–Kier alpha value is -2.18. The van der Waals surface area contributed by atoms with Crippen LogP contribution in [0.4, 0.5) is 0 Å². The zero-order chi connectivity index (χ0) is 18.8. The Kier molecular flexibility index (Phi) is 5.44. The quantitative estimate of drug-likeness (QED) is 0.269. The molecule has 0 aliphatic carbocycles. The van der Waals surface area contributed by atoms with Gasteiger partial charge in [0.25, 0.3) is 5.56 Å². The van der Waals surface area contributed by atoms with Gasteiger partial charge in [-0.05, 0) is 43.8 Å². The molecule has 0 saturated carbocycles. The van der Waals surface area contributed by atoms with Crippen LogP contribution in [0.15, 0.2) is 52.3 Å². The van der Waals surface area contributed by atoms with Crippen LogP contribution in [0, 0.1) is 13.8 Å². The number of rotatable bonds is 6. The number of hydrogen-bond donors (Lipinski definition) is 0. The molecule has 4 nitrogen and oxygen atoms in total. The van der Waals surface area contributed by atoms with E-state index in [2.05, 4.69) is 11.6 Å². The number of carbonyl (C=O) groups is 1. The average Bonchev–Trinajstić information content (AvgIpc) is 3.08. The molecule has 26 heavy (non-hydrogen) atoms. The fourth-order valence-corrected chi connectivity index (χ4v) is 4.50. The van der Waals surface area contributed by atoms with E-state index in [0.717, 1.165) is 16.7 Å². The van der Waals surface area contributed by atoms with Crippen molar-refractivity contribution in [1.29, 1.82) is 0 Å². The molecule has 3 aromatic rings. The summed E-state index contributed by atoms with van der Waals surface area (Å²) in [6.45, 7) is 9.87. The third-order valence-corrected chi connectivity index (χ3v) is 6.13. The summed E-state index contributed by atoms with van der Waals surface area (Å²) in [6.07, 6.45) is 1.67. The maximum absolute atomic E-state index is 12.9. The molecule has 134 valence electrons. The SMILES string of the molecule is C=CCn1c(SC(C)C(=O)c2cc(C)ccc2C)nc2ccsc2c1=O. The first kappa shape index (κ1) is 18.6. The number of allylic oxidation sites excluding steroid dienone is 1. The molecule has 0 fully saturated rings. The van der Waals surface area contributed by atoms with Gasteiger partial charge >= 0.3 is 0 Å². The van der Waals surface area contributed by atoms with Crippen LogP contribution in [0.1, 0.15) is 28.4 Å². The number of hydrogen-bond acceptors (Lipinski definition) is 5. The Balaban J connectivity index is 1.98. The Morgan fingerprint density at radius 1 is 1.38 bits per heavy atom. The van der Waals surface area contributed by atoms with Crippen LogP contribution in [0.3, 0.4) is 0 Å². The lowest BCUT2D eigenvalue weighted by atomic mass is 10.0. The van der Waals surface area contributed by atoms with Gasteiger partial charge in [-0.25, -0.2) is 4.98 Å². The van der Waals surface area contributed by atoms with Crippen LogP contribution in [0.25, 0.3) is 10.2 Å². The Morgan fingerprint density at radius 2 is 2.15 bits per heavy atom. The van der Waals surface area contributed by atoms with E-state index >= 15 is 0 Å². The topological polar surface area (TPSA) is 52.0 Å². The van der Waals surface area contributed by atoms with Crippen molar-refractivity contribution in [3.63, 3.8) is 0 Å². The van der Waals surface area contributed by atoms with E-state index < -0.39 is 0 Å². The van der Waals surface area contributed by atoms with E-state index in [4.69, 9.17) is 0 Å².